The van der Waals surface area contributed by atoms with Gasteiger partial charge < -0.3 is 25.2 Å². The zero-order valence-electron chi connectivity index (χ0n) is 13.6. The molecule has 0 unspecified atom stereocenters. The number of amides is 2. The third kappa shape index (κ3) is 3.89. The molecule has 0 fully saturated rings. The molecule has 2 amide bonds. The van der Waals surface area contributed by atoms with E-state index in [0.29, 0.717) is 22.7 Å². The molecule has 1 aliphatic heterocycles. The third-order valence-corrected chi connectivity index (χ3v) is 3.83. The lowest BCUT2D eigenvalue weighted by Gasteiger charge is -2.24. The van der Waals surface area contributed by atoms with Gasteiger partial charge in [0.2, 0.25) is 6.79 Å². The highest BCUT2D eigenvalue weighted by atomic mass is 16.7. The van der Waals surface area contributed by atoms with Crippen molar-refractivity contribution in [2.24, 2.45) is 0 Å². The van der Waals surface area contributed by atoms with Crippen LogP contribution in [0, 0.1) is 0 Å². The van der Waals surface area contributed by atoms with E-state index in [9.17, 15) is 14.7 Å². The van der Waals surface area contributed by atoms with Gasteiger partial charge in [0.05, 0.1) is 6.54 Å². The average Bonchev–Trinajstić information content (AvgIpc) is 3.08. The second-order valence-electron chi connectivity index (χ2n) is 5.84. The van der Waals surface area contributed by atoms with E-state index in [1.54, 1.807) is 49.4 Å². The lowest BCUT2D eigenvalue weighted by Crippen LogP contribution is -2.43. The maximum atomic E-state index is 12.0. The molecule has 2 aromatic carbocycles. The number of nitrogens with one attached hydrogen (secondary N) is 2. The SMILES string of the molecule is C[C@](O)(CNC(=O)C(=O)Nc1ccc2c(c1)OCO2)c1ccccc1. The molecule has 0 aromatic heterocycles. The van der Waals surface area contributed by atoms with Gasteiger partial charge >= 0.3 is 11.8 Å². The Bertz CT molecular complexity index is 789. The minimum Gasteiger partial charge on any atom is -0.454 e. The van der Waals surface area contributed by atoms with Crippen LogP contribution >= 0.6 is 0 Å². The summed E-state index contributed by atoms with van der Waals surface area (Å²) < 4.78 is 10.4. The summed E-state index contributed by atoms with van der Waals surface area (Å²) in [6.07, 6.45) is 0. The Morgan fingerprint density at radius 2 is 1.80 bits per heavy atom. The maximum absolute atomic E-state index is 12.0. The normalized spacial score (nSPS) is 14.5. The molecule has 2 aromatic rings. The van der Waals surface area contributed by atoms with Gasteiger partial charge in [-0.2, -0.15) is 0 Å². The van der Waals surface area contributed by atoms with Gasteiger partial charge in [-0.3, -0.25) is 9.59 Å². The second-order valence-corrected chi connectivity index (χ2v) is 5.84. The van der Waals surface area contributed by atoms with Gasteiger partial charge in [-0.05, 0) is 24.6 Å². The molecule has 0 aliphatic carbocycles. The highest BCUT2D eigenvalue weighted by molar-refractivity contribution is 6.39. The summed E-state index contributed by atoms with van der Waals surface area (Å²) >= 11 is 0. The van der Waals surface area contributed by atoms with E-state index in [0.717, 1.165) is 0 Å². The number of aliphatic hydroxyl groups is 1. The van der Waals surface area contributed by atoms with Gasteiger partial charge in [-0.1, -0.05) is 30.3 Å². The Morgan fingerprint density at radius 1 is 1.08 bits per heavy atom. The molecule has 1 heterocycles. The van der Waals surface area contributed by atoms with Crippen LogP contribution in [-0.2, 0) is 15.2 Å². The number of hydrogen-bond donors (Lipinski definition) is 3. The summed E-state index contributed by atoms with van der Waals surface area (Å²) in [5.74, 6) is -0.580. The number of benzene rings is 2. The molecular weight excluding hydrogens is 324 g/mol. The average molecular weight is 342 g/mol. The van der Waals surface area contributed by atoms with Crippen molar-refractivity contribution in [3.8, 4) is 11.5 Å². The van der Waals surface area contributed by atoms with E-state index in [1.165, 1.54) is 0 Å². The van der Waals surface area contributed by atoms with Gasteiger partial charge in [0.1, 0.15) is 5.60 Å². The van der Waals surface area contributed by atoms with E-state index < -0.39 is 17.4 Å². The number of carbonyl (C=O) groups excluding carboxylic acids is 2. The van der Waals surface area contributed by atoms with E-state index >= 15 is 0 Å². The fraction of sp³-hybridized carbons (Fsp3) is 0.222. The van der Waals surface area contributed by atoms with Crippen LogP contribution in [0.25, 0.3) is 0 Å². The molecule has 7 nitrogen and oxygen atoms in total. The smallest absolute Gasteiger partial charge is 0.313 e. The van der Waals surface area contributed by atoms with Crippen molar-refractivity contribution in [3.63, 3.8) is 0 Å². The van der Waals surface area contributed by atoms with Crippen LogP contribution in [0.1, 0.15) is 12.5 Å². The summed E-state index contributed by atoms with van der Waals surface area (Å²) in [5, 5.41) is 15.4. The molecule has 3 N–H and O–H groups in total. The van der Waals surface area contributed by atoms with Crippen LogP contribution in [0.5, 0.6) is 11.5 Å². The molecular formula is C18H18N2O5. The number of rotatable bonds is 4. The first kappa shape index (κ1) is 16.8. The van der Waals surface area contributed by atoms with Crippen LogP contribution in [0.2, 0.25) is 0 Å². The standard InChI is InChI=1S/C18H18N2O5/c1-18(23,12-5-3-2-4-6-12)10-19-16(21)17(22)20-13-7-8-14-15(9-13)25-11-24-14/h2-9,23H,10-11H2,1H3,(H,19,21)(H,20,22)/t18-/m0/s1. The fourth-order valence-corrected chi connectivity index (χ4v) is 2.39. The monoisotopic (exact) mass is 342 g/mol. The fourth-order valence-electron chi connectivity index (χ4n) is 2.39. The van der Waals surface area contributed by atoms with Crippen LogP contribution < -0.4 is 20.1 Å². The Balaban J connectivity index is 1.57. The predicted molar refractivity (Wildman–Crippen MR) is 90.2 cm³/mol. The Morgan fingerprint density at radius 3 is 2.56 bits per heavy atom. The van der Waals surface area contributed by atoms with E-state index in [1.807, 2.05) is 6.07 Å². The summed E-state index contributed by atoms with van der Waals surface area (Å²) in [7, 11) is 0. The van der Waals surface area contributed by atoms with Crippen LogP contribution in [0.15, 0.2) is 48.5 Å². The van der Waals surface area contributed by atoms with Crippen LogP contribution in [-0.4, -0.2) is 30.3 Å². The number of hydrogen-bond acceptors (Lipinski definition) is 5. The first-order chi connectivity index (χ1) is 12.0. The third-order valence-electron chi connectivity index (χ3n) is 3.83. The zero-order chi connectivity index (χ0) is 17.9. The minimum absolute atomic E-state index is 0.0929. The summed E-state index contributed by atoms with van der Waals surface area (Å²) in [6.45, 7) is 1.60. The largest absolute Gasteiger partial charge is 0.454 e. The molecule has 0 bridgehead atoms. The summed E-state index contributed by atoms with van der Waals surface area (Å²) in [6, 6.07) is 13.7. The van der Waals surface area contributed by atoms with Gasteiger partial charge in [0, 0.05) is 11.8 Å². The van der Waals surface area contributed by atoms with Crippen molar-refractivity contribution >= 4 is 17.5 Å². The summed E-state index contributed by atoms with van der Waals surface area (Å²) in [4.78, 5) is 24.0. The van der Waals surface area contributed by atoms with Gasteiger partial charge in [0.25, 0.3) is 0 Å². The highest BCUT2D eigenvalue weighted by Gasteiger charge is 2.25. The first-order valence-electron chi connectivity index (χ1n) is 7.72. The highest BCUT2D eigenvalue weighted by Crippen LogP contribution is 2.34. The Kier molecular flexibility index (Phi) is 4.58. The molecule has 0 saturated carbocycles. The van der Waals surface area contributed by atoms with Crippen molar-refractivity contribution in [1.29, 1.82) is 0 Å². The minimum atomic E-state index is -1.28. The van der Waals surface area contributed by atoms with Crippen molar-refractivity contribution in [2.75, 3.05) is 18.7 Å². The molecule has 3 rings (SSSR count). The van der Waals surface area contributed by atoms with Crippen molar-refractivity contribution < 1.29 is 24.2 Å². The number of anilines is 1. The molecule has 0 saturated heterocycles. The molecule has 130 valence electrons. The Hall–Kier alpha value is -3.06. The number of carbonyl (C=O) groups is 2. The Labute approximate surface area is 144 Å². The number of ether oxygens (including phenoxy) is 2. The molecule has 1 atom stereocenters. The quantitative estimate of drug-likeness (QED) is 0.730. The molecule has 0 radical (unpaired) electrons. The topological polar surface area (TPSA) is 96.9 Å². The lowest BCUT2D eigenvalue weighted by atomic mass is 9.96. The maximum Gasteiger partial charge on any atom is 0.313 e. The van der Waals surface area contributed by atoms with Crippen LogP contribution in [0.3, 0.4) is 0 Å². The predicted octanol–water partition coefficient (Wildman–Crippen LogP) is 1.38. The number of fused-ring (bicyclic) bond motifs is 1. The lowest BCUT2D eigenvalue weighted by molar-refractivity contribution is -0.136. The zero-order valence-corrected chi connectivity index (χ0v) is 13.6. The molecule has 25 heavy (non-hydrogen) atoms. The van der Waals surface area contributed by atoms with Gasteiger partial charge in [-0.15, -0.1) is 0 Å². The summed E-state index contributed by atoms with van der Waals surface area (Å²) in [5.41, 5.74) is -0.221. The van der Waals surface area contributed by atoms with Crippen molar-refractivity contribution in [1.82, 2.24) is 5.32 Å². The van der Waals surface area contributed by atoms with Crippen LogP contribution in [0.4, 0.5) is 5.69 Å². The first-order valence-corrected chi connectivity index (χ1v) is 7.72. The van der Waals surface area contributed by atoms with Gasteiger partial charge in [-0.25, -0.2) is 0 Å². The van der Waals surface area contributed by atoms with E-state index in [2.05, 4.69) is 10.6 Å². The van der Waals surface area contributed by atoms with Crippen molar-refractivity contribution in [3.05, 3.63) is 54.1 Å². The van der Waals surface area contributed by atoms with Gasteiger partial charge in [0.15, 0.2) is 11.5 Å². The molecule has 0 spiro atoms. The van der Waals surface area contributed by atoms with E-state index in [-0.39, 0.29) is 13.3 Å². The second kappa shape index (κ2) is 6.82. The van der Waals surface area contributed by atoms with E-state index in [4.69, 9.17) is 9.47 Å². The molecule has 1 aliphatic rings. The molecule has 7 heteroatoms. The van der Waals surface area contributed by atoms with Crippen molar-refractivity contribution in [2.45, 2.75) is 12.5 Å².